The number of ether oxygens (including phenoxy) is 4. The van der Waals surface area contributed by atoms with Gasteiger partial charge in [-0.15, -0.1) is 0 Å². The quantitative estimate of drug-likeness (QED) is 0.0171. The zero-order valence-corrected chi connectivity index (χ0v) is 57.6. The van der Waals surface area contributed by atoms with Gasteiger partial charge in [-0.25, -0.2) is 9.13 Å². The maximum atomic E-state index is 13.0. The van der Waals surface area contributed by atoms with E-state index < -0.39 is 96.2 Å². The highest BCUT2D eigenvalue weighted by atomic mass is 31.3. The molecule has 0 bridgehead atoms. The second-order valence-electron chi connectivity index (χ2n) is 24.5. The SMILES string of the molecule is C/C=C(/C)CC/C=C(/C)CC/C=C(/C)CC/C=C(/C)CC/C=C(/C)CC/C=C(/C)CC/C=C(/C)CC/C=C(/C)CC/C=C(\C)CC/C=C(\C)CC/C=C(\C)COP(=O)(O)OP(=O)(O)O[C@H]1O[C@H](CO)[C@@H](O)[C@H](O[C@@H]2O[C@@H](C)[C@@H](O)[C@@H](O)[C@@H]2OC(C)=O)[C@H]1O. The number of allylic oxidation sites excluding steroid dienone is 21. The van der Waals surface area contributed by atoms with Crippen molar-refractivity contribution in [2.24, 2.45) is 0 Å². The number of phosphoric ester groups is 2. The van der Waals surface area contributed by atoms with Crippen molar-refractivity contribution in [1.82, 2.24) is 0 Å². The summed E-state index contributed by atoms with van der Waals surface area (Å²) in [4.78, 5) is 32.5. The molecule has 2 heterocycles. The predicted molar refractivity (Wildman–Crippen MR) is 352 cm³/mol. The summed E-state index contributed by atoms with van der Waals surface area (Å²) < 4.78 is 61.5. The van der Waals surface area contributed by atoms with Crippen LogP contribution in [0.1, 0.15) is 225 Å². The van der Waals surface area contributed by atoms with Crippen molar-refractivity contribution in [3.63, 3.8) is 0 Å². The van der Waals surface area contributed by atoms with Crippen molar-refractivity contribution in [2.75, 3.05) is 13.2 Å². The molecule has 7 N–H and O–H groups in total. The fraction of sp³-hybridized carbons (Fsp3) is 0.667. The number of aliphatic hydroxyl groups is 5. The molecule has 0 aromatic carbocycles. The third-order valence-corrected chi connectivity index (χ3v) is 18.5. The molecule has 0 radical (unpaired) electrons. The average molecular weight is 1280 g/mol. The molecule has 0 aromatic heterocycles. The zero-order valence-electron chi connectivity index (χ0n) is 55.8. The first-order valence-corrected chi connectivity index (χ1v) is 34.8. The maximum Gasteiger partial charge on any atom is 0.483 e. The molecule has 17 nitrogen and oxygen atoms in total. The summed E-state index contributed by atoms with van der Waals surface area (Å²) in [5.41, 5.74) is 14.8. The minimum absolute atomic E-state index is 0.445. The van der Waals surface area contributed by atoms with Crippen LogP contribution in [-0.4, -0.2) is 116 Å². The van der Waals surface area contributed by atoms with E-state index in [0.29, 0.717) is 12.0 Å². The normalized spacial score (nSPS) is 26.1. The molecular formula is C69H114O17P2. The van der Waals surface area contributed by atoms with Crippen molar-refractivity contribution in [2.45, 2.75) is 287 Å². The Hall–Kier alpha value is -3.45. The van der Waals surface area contributed by atoms with Gasteiger partial charge in [-0.05, 0) is 218 Å². The van der Waals surface area contributed by atoms with Crippen LogP contribution < -0.4 is 0 Å². The van der Waals surface area contributed by atoms with E-state index in [9.17, 15) is 49.2 Å². The van der Waals surface area contributed by atoms with E-state index in [2.05, 4.69) is 134 Å². The van der Waals surface area contributed by atoms with Crippen molar-refractivity contribution >= 4 is 21.6 Å². The molecule has 502 valence electrons. The summed E-state index contributed by atoms with van der Waals surface area (Å²) in [5.74, 6) is -0.896. The molecule has 2 aliphatic rings. The van der Waals surface area contributed by atoms with E-state index >= 15 is 0 Å². The minimum atomic E-state index is -5.61. The molecule has 2 fully saturated rings. The molecule has 2 aliphatic heterocycles. The lowest BCUT2D eigenvalue weighted by Gasteiger charge is -2.46. The first kappa shape index (κ1) is 80.6. The fourth-order valence-corrected chi connectivity index (χ4v) is 12.1. The van der Waals surface area contributed by atoms with E-state index in [1.807, 2.05) is 6.92 Å². The fourth-order valence-electron chi connectivity index (χ4n) is 9.96. The van der Waals surface area contributed by atoms with Gasteiger partial charge in [0.25, 0.3) is 0 Å². The maximum absolute atomic E-state index is 13.0. The molecule has 0 aliphatic carbocycles. The number of aliphatic hydroxyl groups excluding tert-OH is 5. The smallest absolute Gasteiger partial charge is 0.454 e. The van der Waals surface area contributed by atoms with Crippen LogP contribution in [0.2, 0.25) is 0 Å². The number of esters is 1. The molecule has 0 aromatic rings. The van der Waals surface area contributed by atoms with E-state index in [0.717, 1.165) is 129 Å². The highest BCUT2D eigenvalue weighted by molar-refractivity contribution is 7.61. The standard InChI is InChI=1S/C69H114O17P2/c1-15-48(2)26-16-27-49(3)28-17-29-50(4)30-18-31-51(5)32-19-33-52(6)34-20-35-53(7)36-21-37-54(8)38-22-39-55(9)40-23-41-56(10)42-24-43-57(11)44-25-45-58(12)47-80-87(76,77)86-88(78,79)85-68-65(75)66(63(73)61(46-70)83-68)84-69-67(82-60(14)71)64(74)62(72)59(13)81-69/h15,27,29,31,33,35,37,39,41,43,45,59,61-70,72-75H,16-26,28,30,32,34,36,38,40,42,44,46-47H2,1-14H3,(H,76,77)(H,78,79)/b48-15-,49-27-,50-29-,51-31-,52-33-,53-35-,54-37-,55-39-,56-41+,57-43+,58-45+/t59-,61+,62+,63+,64+,65+,66-,67-,68+,69-/m0/s1. The van der Waals surface area contributed by atoms with Gasteiger partial charge in [-0.1, -0.05) is 128 Å². The van der Waals surface area contributed by atoms with E-state index in [4.69, 9.17) is 28.0 Å². The number of hydrogen-bond donors (Lipinski definition) is 7. The minimum Gasteiger partial charge on any atom is -0.454 e. The Morgan fingerprint density at radius 2 is 0.761 bits per heavy atom. The van der Waals surface area contributed by atoms with Crippen LogP contribution in [0, 0.1) is 0 Å². The molecule has 0 spiro atoms. The Labute approximate surface area is 529 Å². The first-order valence-electron chi connectivity index (χ1n) is 31.8. The van der Waals surface area contributed by atoms with Gasteiger partial charge in [0.2, 0.25) is 0 Å². The van der Waals surface area contributed by atoms with Gasteiger partial charge in [0.1, 0.15) is 36.6 Å². The molecule has 2 saturated heterocycles. The number of carbonyl (C=O) groups is 1. The summed E-state index contributed by atoms with van der Waals surface area (Å²) >= 11 is 0. The molecule has 2 rings (SSSR count). The number of rotatable bonds is 41. The highest BCUT2D eigenvalue weighted by Gasteiger charge is 2.53. The van der Waals surface area contributed by atoms with Crippen LogP contribution in [-0.2, 0) is 46.2 Å². The number of hydrogen-bond acceptors (Lipinski definition) is 15. The van der Waals surface area contributed by atoms with Crippen molar-refractivity contribution in [3.8, 4) is 0 Å². The largest absolute Gasteiger partial charge is 0.483 e. The average Bonchev–Trinajstić information content (AvgIpc) is 1.15. The summed E-state index contributed by atoms with van der Waals surface area (Å²) in [6.45, 7) is 27.0. The predicted octanol–water partition coefficient (Wildman–Crippen LogP) is 15.7. The molecule has 2 unspecified atom stereocenters. The second-order valence-corrected chi connectivity index (χ2v) is 27.5. The lowest BCUT2D eigenvalue weighted by atomic mass is 9.97. The Morgan fingerprint density at radius 1 is 0.432 bits per heavy atom. The molecule has 12 atom stereocenters. The van der Waals surface area contributed by atoms with Gasteiger partial charge in [0, 0.05) is 6.92 Å². The molecular weight excluding hydrogens is 1160 g/mol. The molecule has 0 amide bonds. The lowest BCUT2D eigenvalue weighted by molar-refractivity contribution is -0.350. The summed E-state index contributed by atoms with van der Waals surface area (Å²) in [6, 6.07) is 0. The number of phosphoric acid groups is 2. The Kier molecular flexibility index (Phi) is 39.8. The third kappa shape index (κ3) is 34.8. The molecule has 88 heavy (non-hydrogen) atoms. The van der Waals surface area contributed by atoms with Crippen LogP contribution in [0.4, 0.5) is 0 Å². The molecule has 19 heteroatoms. The van der Waals surface area contributed by atoms with Crippen LogP contribution in [0.3, 0.4) is 0 Å². The summed E-state index contributed by atoms with van der Waals surface area (Å²) in [5, 5.41) is 52.5. The van der Waals surface area contributed by atoms with Crippen LogP contribution in [0.5, 0.6) is 0 Å². The van der Waals surface area contributed by atoms with Gasteiger partial charge in [0.05, 0.1) is 19.3 Å². The summed E-state index contributed by atoms with van der Waals surface area (Å²) in [6.07, 6.45) is 28.8. The van der Waals surface area contributed by atoms with Crippen molar-refractivity contribution in [1.29, 1.82) is 0 Å². The van der Waals surface area contributed by atoms with E-state index in [1.54, 1.807) is 13.0 Å². The van der Waals surface area contributed by atoms with Crippen molar-refractivity contribution in [3.05, 3.63) is 128 Å². The van der Waals surface area contributed by atoms with Crippen molar-refractivity contribution < 1.29 is 81.5 Å². The van der Waals surface area contributed by atoms with Gasteiger partial charge < -0.3 is 54.3 Å². The van der Waals surface area contributed by atoms with Gasteiger partial charge in [0.15, 0.2) is 18.7 Å². The Bertz CT molecular complexity index is 2570. The van der Waals surface area contributed by atoms with Gasteiger partial charge in [-0.2, -0.15) is 4.31 Å². The van der Waals surface area contributed by atoms with E-state index in [1.165, 1.54) is 62.7 Å². The monoisotopic (exact) mass is 1280 g/mol. The first-order chi connectivity index (χ1) is 41.5. The second kappa shape index (κ2) is 43.4. The third-order valence-electron chi connectivity index (χ3n) is 15.9. The Balaban J connectivity index is 1.67. The number of carbonyl (C=O) groups excluding carboxylic acids is 1. The van der Waals surface area contributed by atoms with Gasteiger partial charge in [-0.3, -0.25) is 13.8 Å². The van der Waals surface area contributed by atoms with Crippen LogP contribution in [0.25, 0.3) is 0 Å². The van der Waals surface area contributed by atoms with Crippen LogP contribution >= 0.6 is 15.6 Å². The zero-order chi connectivity index (χ0) is 66.0. The van der Waals surface area contributed by atoms with Crippen LogP contribution in [0.15, 0.2) is 128 Å². The lowest BCUT2D eigenvalue weighted by Crippen LogP contribution is -2.64. The van der Waals surface area contributed by atoms with Gasteiger partial charge >= 0.3 is 21.6 Å². The highest BCUT2D eigenvalue weighted by Crippen LogP contribution is 2.61. The summed E-state index contributed by atoms with van der Waals surface area (Å²) in [7, 11) is -10.9. The topological polar surface area (TPSA) is 257 Å². The van der Waals surface area contributed by atoms with E-state index in [-0.39, 0.29) is 0 Å². The molecule has 0 saturated carbocycles. The Morgan fingerprint density at radius 3 is 1.08 bits per heavy atom.